The van der Waals surface area contributed by atoms with Crippen LogP contribution in [0.25, 0.3) is 0 Å². The number of amides is 1. The monoisotopic (exact) mass is 415 g/mol. The number of halogens is 1. The number of pyridine rings is 1. The lowest BCUT2D eigenvalue weighted by atomic mass is 9.97. The Balaban J connectivity index is 1.72. The average molecular weight is 416 g/mol. The van der Waals surface area contributed by atoms with Crippen LogP contribution < -0.4 is 10.6 Å². The number of rotatable bonds is 6. The van der Waals surface area contributed by atoms with E-state index >= 15 is 0 Å². The first-order valence-electron chi connectivity index (χ1n) is 9.80. The second-order valence-electron chi connectivity index (χ2n) is 7.69. The molecule has 0 bridgehead atoms. The van der Waals surface area contributed by atoms with Crippen LogP contribution in [-0.2, 0) is 9.53 Å². The van der Waals surface area contributed by atoms with Gasteiger partial charge in [-0.1, -0.05) is 31.5 Å². The van der Waals surface area contributed by atoms with Crippen molar-refractivity contribution in [2.45, 2.75) is 39.5 Å². The molecule has 2 N–H and O–H groups in total. The molecule has 1 fully saturated rings. The summed E-state index contributed by atoms with van der Waals surface area (Å²) in [5, 5.41) is 6.87. The number of hydrogen-bond donors (Lipinski definition) is 2. The molecule has 1 saturated heterocycles. The molecule has 7 heteroatoms. The molecule has 1 aliphatic rings. The Morgan fingerprint density at radius 2 is 2.14 bits per heavy atom. The highest BCUT2D eigenvalue weighted by Crippen LogP contribution is 2.26. The fourth-order valence-corrected chi connectivity index (χ4v) is 3.45. The first-order valence-corrected chi connectivity index (χ1v) is 10.2. The van der Waals surface area contributed by atoms with E-state index in [-0.39, 0.29) is 23.7 Å². The molecule has 154 valence electrons. The van der Waals surface area contributed by atoms with E-state index in [2.05, 4.69) is 15.6 Å². The number of nitrogens with one attached hydrogen (secondary N) is 2. The summed E-state index contributed by atoms with van der Waals surface area (Å²) in [6.45, 7) is 6.89. The number of hydrogen-bond acceptors (Lipinski definition) is 5. The summed E-state index contributed by atoms with van der Waals surface area (Å²) in [6.07, 6.45) is 2.71. The summed E-state index contributed by atoms with van der Waals surface area (Å²) in [5.41, 5.74) is 3.29. The molecule has 1 aromatic heterocycles. The number of nitrogens with zero attached hydrogens (tertiary/aromatic N) is 1. The Kier molecular flexibility index (Phi) is 6.75. The number of cyclic esters (lactones) is 1. The number of anilines is 2. The van der Waals surface area contributed by atoms with Crippen LogP contribution in [0, 0.1) is 12.8 Å². The van der Waals surface area contributed by atoms with Crippen LogP contribution in [0.3, 0.4) is 0 Å². The van der Waals surface area contributed by atoms with Crippen molar-refractivity contribution in [3.8, 4) is 0 Å². The lowest BCUT2D eigenvalue weighted by Gasteiger charge is -2.22. The molecule has 2 heterocycles. The van der Waals surface area contributed by atoms with Crippen LogP contribution in [-0.4, -0.2) is 30.0 Å². The lowest BCUT2D eigenvalue weighted by Crippen LogP contribution is -2.34. The number of carbonyl (C=O) groups excluding carboxylic acids is 2. The van der Waals surface area contributed by atoms with Crippen molar-refractivity contribution < 1.29 is 14.3 Å². The van der Waals surface area contributed by atoms with E-state index in [1.165, 1.54) is 0 Å². The van der Waals surface area contributed by atoms with Gasteiger partial charge in [-0.2, -0.15) is 0 Å². The Morgan fingerprint density at radius 1 is 1.34 bits per heavy atom. The maximum atomic E-state index is 12.7. The van der Waals surface area contributed by atoms with Crippen LogP contribution in [0.2, 0.25) is 5.02 Å². The van der Waals surface area contributed by atoms with Crippen LogP contribution in [0.4, 0.5) is 11.5 Å². The first-order chi connectivity index (χ1) is 13.8. The van der Waals surface area contributed by atoms with Crippen LogP contribution >= 0.6 is 11.6 Å². The van der Waals surface area contributed by atoms with Crippen LogP contribution in [0.1, 0.15) is 54.1 Å². The summed E-state index contributed by atoms with van der Waals surface area (Å²) in [6, 6.07) is 7.62. The third kappa shape index (κ3) is 5.48. The van der Waals surface area contributed by atoms with E-state index in [0.29, 0.717) is 36.0 Å². The SMILES string of the molecule is Cc1ccc(Nc2cc(C(C)C)c(C(=O)NCC3CCOC(=O)C3)cn2)cc1Cl. The average Bonchev–Trinajstić information content (AvgIpc) is 2.69. The number of aromatic nitrogens is 1. The van der Waals surface area contributed by atoms with Crippen molar-refractivity contribution in [3.63, 3.8) is 0 Å². The van der Waals surface area contributed by atoms with Crippen molar-refractivity contribution in [2.75, 3.05) is 18.5 Å². The van der Waals surface area contributed by atoms with Gasteiger partial charge in [-0.3, -0.25) is 9.59 Å². The fourth-order valence-electron chi connectivity index (χ4n) is 3.27. The number of benzene rings is 1. The van der Waals surface area contributed by atoms with Gasteiger partial charge in [0.2, 0.25) is 0 Å². The van der Waals surface area contributed by atoms with Gasteiger partial charge < -0.3 is 15.4 Å². The summed E-state index contributed by atoms with van der Waals surface area (Å²) in [7, 11) is 0. The van der Waals surface area contributed by atoms with Gasteiger partial charge in [0, 0.05) is 23.5 Å². The Bertz CT molecular complexity index is 914. The van der Waals surface area contributed by atoms with Crippen molar-refractivity contribution >= 4 is 35.0 Å². The van der Waals surface area contributed by atoms with Crippen molar-refractivity contribution in [1.82, 2.24) is 10.3 Å². The third-order valence-electron chi connectivity index (χ3n) is 5.04. The molecule has 0 aliphatic carbocycles. The Labute approximate surface area is 176 Å². The molecule has 0 saturated carbocycles. The number of ether oxygens (including phenoxy) is 1. The number of aryl methyl sites for hydroxylation is 1. The van der Waals surface area contributed by atoms with Gasteiger partial charge in [-0.05, 0) is 54.5 Å². The van der Waals surface area contributed by atoms with Crippen LogP contribution in [0.5, 0.6) is 0 Å². The largest absolute Gasteiger partial charge is 0.466 e. The minimum Gasteiger partial charge on any atom is -0.466 e. The smallest absolute Gasteiger partial charge is 0.306 e. The minimum atomic E-state index is -0.202. The van der Waals surface area contributed by atoms with Gasteiger partial charge in [-0.25, -0.2) is 4.98 Å². The number of esters is 1. The molecule has 0 radical (unpaired) electrons. The predicted molar refractivity (Wildman–Crippen MR) is 114 cm³/mol. The highest BCUT2D eigenvalue weighted by Gasteiger charge is 2.22. The van der Waals surface area contributed by atoms with Gasteiger partial charge in [0.1, 0.15) is 5.82 Å². The first kappa shape index (κ1) is 21.1. The summed E-state index contributed by atoms with van der Waals surface area (Å²) in [4.78, 5) is 28.5. The lowest BCUT2D eigenvalue weighted by molar-refractivity contribution is -0.149. The zero-order valence-corrected chi connectivity index (χ0v) is 17.7. The van der Waals surface area contributed by atoms with Gasteiger partial charge in [-0.15, -0.1) is 0 Å². The van der Waals surface area contributed by atoms with Crippen LogP contribution in [0.15, 0.2) is 30.5 Å². The van der Waals surface area contributed by atoms with Gasteiger partial charge in [0.15, 0.2) is 0 Å². The van der Waals surface area contributed by atoms with Crippen molar-refractivity contribution in [2.24, 2.45) is 5.92 Å². The maximum absolute atomic E-state index is 12.7. The molecule has 3 rings (SSSR count). The summed E-state index contributed by atoms with van der Waals surface area (Å²) < 4.78 is 4.95. The molecule has 29 heavy (non-hydrogen) atoms. The fraction of sp³-hybridized carbons (Fsp3) is 0.409. The standard InChI is InChI=1S/C22H26ClN3O3/c1-13(2)17-10-20(26-16-5-4-14(3)19(23)9-16)24-12-18(17)22(28)25-11-15-6-7-29-21(27)8-15/h4-5,9-10,12-13,15H,6-8,11H2,1-3H3,(H,24,26)(H,25,28). The molecular weight excluding hydrogens is 390 g/mol. The molecule has 1 unspecified atom stereocenters. The molecular formula is C22H26ClN3O3. The topological polar surface area (TPSA) is 80.3 Å². The highest BCUT2D eigenvalue weighted by molar-refractivity contribution is 6.31. The zero-order valence-electron chi connectivity index (χ0n) is 16.9. The summed E-state index contributed by atoms with van der Waals surface area (Å²) in [5.74, 6) is 0.533. The second kappa shape index (κ2) is 9.27. The summed E-state index contributed by atoms with van der Waals surface area (Å²) >= 11 is 6.19. The van der Waals surface area contributed by atoms with Gasteiger partial charge in [0.05, 0.1) is 18.6 Å². The highest BCUT2D eigenvalue weighted by atomic mass is 35.5. The Morgan fingerprint density at radius 3 is 2.83 bits per heavy atom. The zero-order chi connectivity index (χ0) is 21.0. The van der Waals surface area contributed by atoms with E-state index in [4.69, 9.17) is 16.3 Å². The van der Waals surface area contributed by atoms with E-state index in [0.717, 1.165) is 23.2 Å². The molecule has 1 amide bonds. The number of carbonyl (C=O) groups is 2. The van der Waals surface area contributed by atoms with E-state index in [1.807, 2.05) is 45.0 Å². The van der Waals surface area contributed by atoms with E-state index in [1.54, 1.807) is 6.20 Å². The molecule has 1 aromatic carbocycles. The molecule has 6 nitrogen and oxygen atoms in total. The Hall–Kier alpha value is -2.60. The van der Waals surface area contributed by atoms with Gasteiger partial charge >= 0.3 is 5.97 Å². The second-order valence-corrected chi connectivity index (χ2v) is 8.10. The van der Waals surface area contributed by atoms with E-state index in [9.17, 15) is 9.59 Å². The van der Waals surface area contributed by atoms with Gasteiger partial charge in [0.25, 0.3) is 5.91 Å². The third-order valence-corrected chi connectivity index (χ3v) is 5.45. The molecule has 1 aliphatic heterocycles. The molecule has 0 spiro atoms. The molecule has 1 atom stereocenters. The van der Waals surface area contributed by atoms with E-state index < -0.39 is 0 Å². The minimum absolute atomic E-state index is 0.114. The normalized spacial score (nSPS) is 16.4. The predicted octanol–water partition coefficient (Wildman–Crippen LogP) is 4.59. The quantitative estimate of drug-likeness (QED) is 0.674. The molecule has 2 aromatic rings. The van der Waals surface area contributed by atoms with Crippen molar-refractivity contribution in [1.29, 1.82) is 0 Å². The maximum Gasteiger partial charge on any atom is 0.306 e. The van der Waals surface area contributed by atoms with Crippen molar-refractivity contribution in [3.05, 3.63) is 52.2 Å².